The Kier molecular flexibility index (Phi) is 2.97. The van der Waals surface area contributed by atoms with Crippen LogP contribution in [0.5, 0.6) is 0 Å². The van der Waals surface area contributed by atoms with Crippen molar-refractivity contribution in [3.63, 3.8) is 0 Å². The summed E-state index contributed by atoms with van der Waals surface area (Å²) in [6.45, 7) is 2.55. The van der Waals surface area contributed by atoms with E-state index in [0.717, 1.165) is 11.3 Å². The maximum absolute atomic E-state index is 13.5. The maximum atomic E-state index is 13.5. The molecule has 3 unspecified atom stereocenters. The largest absolute Gasteiger partial charge is 0.497 e. The standard InChI is InChI=1S/C26H20O2/c1-2-28-23-16-22(27)26(20-12-11-17-7-3-4-9-19(17)15-20)24-21-10-6-5-8-18(21)13-14-25(23,24)26/h3-16,24H,2H2,1H3. The molecule has 3 aliphatic rings. The Morgan fingerprint density at radius 2 is 1.75 bits per heavy atom. The monoisotopic (exact) mass is 364 g/mol. The fourth-order valence-electron chi connectivity index (χ4n) is 5.77. The number of ether oxygens (including phenoxy) is 1. The van der Waals surface area contributed by atoms with Gasteiger partial charge in [0.15, 0.2) is 5.78 Å². The van der Waals surface area contributed by atoms with Crippen molar-refractivity contribution < 1.29 is 9.53 Å². The quantitative estimate of drug-likeness (QED) is 0.623. The van der Waals surface area contributed by atoms with Crippen LogP contribution in [0.2, 0.25) is 0 Å². The molecule has 0 bridgehead atoms. The lowest BCUT2D eigenvalue weighted by molar-refractivity contribution is -0.116. The first-order chi connectivity index (χ1) is 13.7. The molecule has 1 fully saturated rings. The number of fused-ring (bicyclic) bond motifs is 4. The highest BCUT2D eigenvalue weighted by atomic mass is 16.5. The Morgan fingerprint density at radius 3 is 2.61 bits per heavy atom. The minimum atomic E-state index is -0.593. The summed E-state index contributed by atoms with van der Waals surface area (Å²) in [6.07, 6.45) is 6.13. The van der Waals surface area contributed by atoms with Crippen molar-refractivity contribution in [3.05, 3.63) is 101 Å². The van der Waals surface area contributed by atoms with Crippen molar-refractivity contribution in [2.45, 2.75) is 18.3 Å². The van der Waals surface area contributed by atoms with E-state index in [1.54, 1.807) is 6.08 Å². The molecule has 2 nitrogen and oxygen atoms in total. The Labute approximate surface area is 164 Å². The van der Waals surface area contributed by atoms with E-state index in [4.69, 9.17) is 4.74 Å². The van der Waals surface area contributed by atoms with E-state index in [0.29, 0.717) is 6.61 Å². The summed E-state index contributed by atoms with van der Waals surface area (Å²) in [7, 11) is 0. The van der Waals surface area contributed by atoms with Crippen LogP contribution in [0.1, 0.15) is 29.5 Å². The van der Waals surface area contributed by atoms with Gasteiger partial charge in [-0.25, -0.2) is 0 Å². The molecule has 0 heterocycles. The normalized spacial score (nSPS) is 29.1. The van der Waals surface area contributed by atoms with Gasteiger partial charge in [0.2, 0.25) is 0 Å². The molecule has 3 atom stereocenters. The fraction of sp³-hybridized carbons (Fsp3) is 0.192. The van der Waals surface area contributed by atoms with Gasteiger partial charge in [0.1, 0.15) is 5.76 Å². The molecule has 1 spiro atoms. The molecule has 0 aromatic heterocycles. The van der Waals surface area contributed by atoms with Gasteiger partial charge >= 0.3 is 0 Å². The van der Waals surface area contributed by atoms with Gasteiger partial charge in [-0.05, 0) is 34.4 Å². The maximum Gasteiger partial charge on any atom is 0.171 e. The van der Waals surface area contributed by atoms with E-state index in [1.165, 1.54) is 21.9 Å². The minimum absolute atomic E-state index is 0.0985. The van der Waals surface area contributed by atoms with E-state index in [2.05, 4.69) is 72.8 Å². The number of benzene rings is 3. The molecule has 0 N–H and O–H groups in total. The van der Waals surface area contributed by atoms with Crippen LogP contribution in [0.25, 0.3) is 16.8 Å². The number of ketones is 1. The average molecular weight is 364 g/mol. The van der Waals surface area contributed by atoms with Gasteiger partial charge in [-0.15, -0.1) is 0 Å². The molecule has 0 radical (unpaired) electrons. The van der Waals surface area contributed by atoms with Crippen molar-refractivity contribution >= 4 is 22.6 Å². The number of carbonyl (C=O) groups excluding carboxylic acids is 1. The zero-order valence-electron chi connectivity index (χ0n) is 15.7. The number of hydrogen-bond donors (Lipinski definition) is 0. The van der Waals surface area contributed by atoms with Crippen molar-refractivity contribution in [2.75, 3.05) is 6.61 Å². The first-order valence-corrected chi connectivity index (χ1v) is 9.90. The second-order valence-corrected chi connectivity index (χ2v) is 7.94. The molecule has 136 valence electrons. The van der Waals surface area contributed by atoms with Crippen LogP contribution in [0.4, 0.5) is 0 Å². The second kappa shape index (κ2) is 5.23. The molecule has 6 rings (SSSR count). The lowest BCUT2D eigenvalue weighted by atomic mass is 9.85. The first kappa shape index (κ1) is 15.9. The van der Waals surface area contributed by atoms with E-state index in [1.807, 2.05) is 13.0 Å². The van der Waals surface area contributed by atoms with Crippen LogP contribution in [-0.2, 0) is 14.9 Å². The van der Waals surface area contributed by atoms with Gasteiger partial charge in [0.05, 0.1) is 17.4 Å². The second-order valence-electron chi connectivity index (χ2n) is 7.94. The van der Waals surface area contributed by atoms with Gasteiger partial charge < -0.3 is 4.74 Å². The average Bonchev–Trinajstić information content (AvgIpc) is 3.32. The predicted molar refractivity (Wildman–Crippen MR) is 111 cm³/mol. The predicted octanol–water partition coefficient (Wildman–Crippen LogP) is 5.39. The Hall–Kier alpha value is -3.13. The lowest BCUT2D eigenvalue weighted by Crippen LogP contribution is -2.22. The molecule has 2 heteroatoms. The van der Waals surface area contributed by atoms with Crippen molar-refractivity contribution in [3.8, 4) is 0 Å². The van der Waals surface area contributed by atoms with Gasteiger partial charge in [-0.1, -0.05) is 78.9 Å². The van der Waals surface area contributed by atoms with Crippen LogP contribution in [-0.4, -0.2) is 12.4 Å². The summed E-state index contributed by atoms with van der Waals surface area (Å²) in [4.78, 5) is 13.5. The smallest absolute Gasteiger partial charge is 0.171 e. The zero-order chi connectivity index (χ0) is 18.9. The van der Waals surface area contributed by atoms with Crippen molar-refractivity contribution in [2.24, 2.45) is 5.41 Å². The van der Waals surface area contributed by atoms with Crippen LogP contribution >= 0.6 is 0 Å². The van der Waals surface area contributed by atoms with E-state index in [9.17, 15) is 4.79 Å². The van der Waals surface area contributed by atoms with E-state index in [-0.39, 0.29) is 11.7 Å². The molecule has 3 aromatic rings. The first-order valence-electron chi connectivity index (χ1n) is 9.90. The number of allylic oxidation sites excluding steroid dienone is 2. The number of hydrogen-bond acceptors (Lipinski definition) is 2. The third-order valence-electron chi connectivity index (χ3n) is 6.85. The Bertz CT molecular complexity index is 1220. The summed E-state index contributed by atoms with van der Waals surface area (Å²) in [5, 5.41) is 2.36. The number of carbonyl (C=O) groups is 1. The van der Waals surface area contributed by atoms with Crippen LogP contribution in [0.3, 0.4) is 0 Å². The third-order valence-corrected chi connectivity index (χ3v) is 6.85. The Morgan fingerprint density at radius 1 is 0.964 bits per heavy atom. The number of rotatable bonds is 3. The molecule has 28 heavy (non-hydrogen) atoms. The van der Waals surface area contributed by atoms with Crippen molar-refractivity contribution in [1.82, 2.24) is 0 Å². The zero-order valence-corrected chi connectivity index (χ0v) is 15.7. The van der Waals surface area contributed by atoms with Gasteiger partial charge in [0, 0.05) is 12.0 Å². The molecular weight excluding hydrogens is 344 g/mol. The van der Waals surface area contributed by atoms with Gasteiger partial charge in [-0.3, -0.25) is 4.79 Å². The summed E-state index contributed by atoms with van der Waals surface area (Å²) < 4.78 is 6.03. The minimum Gasteiger partial charge on any atom is -0.497 e. The highest BCUT2D eigenvalue weighted by Gasteiger charge is 2.85. The van der Waals surface area contributed by atoms with Crippen LogP contribution < -0.4 is 0 Å². The highest BCUT2D eigenvalue weighted by molar-refractivity contribution is 6.11. The van der Waals surface area contributed by atoms with Crippen molar-refractivity contribution in [1.29, 1.82) is 0 Å². The molecule has 0 aliphatic heterocycles. The van der Waals surface area contributed by atoms with E-state index < -0.39 is 10.8 Å². The van der Waals surface area contributed by atoms with E-state index >= 15 is 0 Å². The SMILES string of the molecule is CCOC1=CC(=O)C2(c3ccc4ccccc4c3)C3c4ccccc4C=CC132. The van der Waals surface area contributed by atoms with Gasteiger partial charge in [-0.2, -0.15) is 0 Å². The molecule has 3 aliphatic carbocycles. The molecule has 3 aromatic carbocycles. The molecular formula is C26H20O2. The van der Waals surface area contributed by atoms with Gasteiger partial charge in [0.25, 0.3) is 0 Å². The molecule has 1 saturated carbocycles. The summed E-state index contributed by atoms with van der Waals surface area (Å²) in [5.41, 5.74) is 2.56. The highest BCUT2D eigenvalue weighted by Crippen LogP contribution is 2.83. The molecule has 0 amide bonds. The van der Waals surface area contributed by atoms with Crippen LogP contribution in [0.15, 0.2) is 84.6 Å². The third kappa shape index (κ3) is 1.63. The molecule has 0 saturated heterocycles. The summed E-state index contributed by atoms with van der Waals surface area (Å²) >= 11 is 0. The summed E-state index contributed by atoms with van der Waals surface area (Å²) in [5.74, 6) is 1.09. The topological polar surface area (TPSA) is 26.3 Å². The Balaban J connectivity index is 1.63. The fourth-order valence-corrected chi connectivity index (χ4v) is 5.77. The van der Waals surface area contributed by atoms with Crippen LogP contribution in [0, 0.1) is 5.41 Å². The summed E-state index contributed by atoms with van der Waals surface area (Å²) in [6, 6.07) is 23.2. The lowest BCUT2D eigenvalue weighted by Gasteiger charge is -2.20.